The number of hydrogen-bond donors (Lipinski definition) is 2. The van der Waals surface area contributed by atoms with Gasteiger partial charge in [0, 0.05) is 17.8 Å². The van der Waals surface area contributed by atoms with Gasteiger partial charge in [0.1, 0.15) is 0 Å². The fourth-order valence-corrected chi connectivity index (χ4v) is 2.28. The number of nitrogens with zero attached hydrogens (tertiary/aromatic N) is 2. The third-order valence-corrected chi connectivity index (χ3v) is 3.37. The van der Waals surface area contributed by atoms with E-state index in [2.05, 4.69) is 15.3 Å². The highest BCUT2D eigenvalue weighted by Crippen LogP contribution is 2.30. The van der Waals surface area contributed by atoms with Crippen molar-refractivity contribution in [2.75, 3.05) is 5.32 Å². The summed E-state index contributed by atoms with van der Waals surface area (Å²) in [7, 11) is 0. The quantitative estimate of drug-likeness (QED) is 0.771. The lowest BCUT2D eigenvalue weighted by molar-refractivity contribution is 0.0698. The van der Waals surface area contributed by atoms with Gasteiger partial charge in [-0.05, 0) is 30.3 Å². The first-order chi connectivity index (χ1) is 10.2. The third kappa shape index (κ3) is 2.51. The highest BCUT2D eigenvalue weighted by Gasteiger charge is 2.12. The summed E-state index contributed by atoms with van der Waals surface area (Å²) in [5.74, 6) is -1.02. The van der Waals surface area contributed by atoms with E-state index in [1.54, 1.807) is 24.4 Å². The van der Waals surface area contributed by atoms with Crippen molar-refractivity contribution in [2.45, 2.75) is 0 Å². The van der Waals surface area contributed by atoms with Gasteiger partial charge in [0.25, 0.3) is 0 Å². The number of halogens is 1. The van der Waals surface area contributed by atoms with Crippen LogP contribution in [0.3, 0.4) is 0 Å². The van der Waals surface area contributed by atoms with Gasteiger partial charge >= 0.3 is 5.97 Å². The number of nitrogens with one attached hydrogen (secondary N) is 1. The molecule has 0 amide bonds. The summed E-state index contributed by atoms with van der Waals surface area (Å²) >= 11 is 6.14. The van der Waals surface area contributed by atoms with Crippen molar-refractivity contribution in [3.63, 3.8) is 0 Å². The molecule has 0 saturated carbocycles. The molecule has 0 spiro atoms. The minimum Gasteiger partial charge on any atom is -0.478 e. The number of carboxylic acid groups (broad SMARTS) is 1. The van der Waals surface area contributed by atoms with Crippen LogP contribution < -0.4 is 5.32 Å². The number of anilines is 2. The molecule has 2 aromatic heterocycles. The molecule has 104 valence electrons. The zero-order chi connectivity index (χ0) is 14.8. The number of benzene rings is 1. The highest BCUT2D eigenvalue weighted by molar-refractivity contribution is 6.35. The number of fused-ring (bicyclic) bond motifs is 1. The largest absolute Gasteiger partial charge is 0.478 e. The fraction of sp³-hybridized carbons (Fsp3) is 0. The van der Waals surface area contributed by atoms with Gasteiger partial charge in [-0.2, -0.15) is 0 Å². The summed E-state index contributed by atoms with van der Waals surface area (Å²) < 4.78 is 0. The Morgan fingerprint density at radius 1 is 1.14 bits per heavy atom. The zero-order valence-corrected chi connectivity index (χ0v) is 11.5. The standard InChI is InChI=1S/C15H10ClN3O2/c16-11-3-4-12(14-9(11)2-1-6-18-14)19-13-8-17-7-5-10(13)15(20)21/h1-8,19H,(H,20,21). The molecule has 2 N–H and O–H groups in total. The van der Waals surface area contributed by atoms with Crippen molar-refractivity contribution < 1.29 is 9.90 Å². The molecular formula is C15H10ClN3O2. The number of hydrogen-bond acceptors (Lipinski definition) is 4. The molecule has 6 heteroatoms. The van der Waals surface area contributed by atoms with Crippen molar-refractivity contribution in [3.8, 4) is 0 Å². The van der Waals surface area contributed by atoms with Gasteiger partial charge in [-0.1, -0.05) is 11.6 Å². The minimum atomic E-state index is -1.02. The first kappa shape index (κ1) is 13.3. The van der Waals surface area contributed by atoms with E-state index in [9.17, 15) is 9.90 Å². The Morgan fingerprint density at radius 2 is 2.00 bits per heavy atom. The van der Waals surface area contributed by atoms with Crippen LogP contribution in [0.15, 0.2) is 48.9 Å². The van der Waals surface area contributed by atoms with Crippen LogP contribution in [-0.4, -0.2) is 21.0 Å². The van der Waals surface area contributed by atoms with E-state index in [4.69, 9.17) is 11.6 Å². The maximum atomic E-state index is 11.2. The van der Waals surface area contributed by atoms with Crippen LogP contribution >= 0.6 is 11.6 Å². The van der Waals surface area contributed by atoms with Crippen LogP contribution in [0.1, 0.15) is 10.4 Å². The molecule has 3 aromatic rings. The Balaban J connectivity index is 2.11. The zero-order valence-electron chi connectivity index (χ0n) is 10.7. The predicted molar refractivity (Wildman–Crippen MR) is 81.2 cm³/mol. The molecule has 0 atom stereocenters. The van der Waals surface area contributed by atoms with E-state index in [-0.39, 0.29) is 5.56 Å². The van der Waals surface area contributed by atoms with Crippen LogP contribution in [0.2, 0.25) is 5.02 Å². The summed E-state index contributed by atoms with van der Waals surface area (Å²) in [6.07, 6.45) is 4.56. The van der Waals surface area contributed by atoms with Gasteiger partial charge < -0.3 is 10.4 Å². The molecule has 0 aliphatic carbocycles. The fourth-order valence-electron chi connectivity index (χ4n) is 2.06. The maximum Gasteiger partial charge on any atom is 0.337 e. The molecule has 0 saturated heterocycles. The number of carboxylic acids is 1. The highest BCUT2D eigenvalue weighted by atomic mass is 35.5. The van der Waals surface area contributed by atoms with Gasteiger partial charge in [-0.3, -0.25) is 9.97 Å². The van der Waals surface area contributed by atoms with Crippen molar-refractivity contribution in [1.82, 2.24) is 9.97 Å². The number of rotatable bonds is 3. The second kappa shape index (κ2) is 5.38. The maximum absolute atomic E-state index is 11.2. The van der Waals surface area contributed by atoms with Crippen LogP contribution in [0.5, 0.6) is 0 Å². The molecule has 0 fully saturated rings. The number of carbonyl (C=O) groups is 1. The average molecular weight is 300 g/mol. The predicted octanol–water partition coefficient (Wildman–Crippen LogP) is 3.73. The Morgan fingerprint density at radius 3 is 2.81 bits per heavy atom. The molecule has 0 unspecified atom stereocenters. The van der Waals surface area contributed by atoms with Gasteiger partial charge in [0.15, 0.2) is 0 Å². The monoisotopic (exact) mass is 299 g/mol. The second-order valence-corrected chi connectivity index (χ2v) is 4.75. The molecule has 0 radical (unpaired) electrons. The van der Waals surface area contributed by atoms with Gasteiger partial charge in [-0.25, -0.2) is 4.79 Å². The molecule has 5 nitrogen and oxygen atoms in total. The smallest absolute Gasteiger partial charge is 0.337 e. The SMILES string of the molecule is O=C(O)c1ccncc1Nc1ccc(Cl)c2cccnc12. The molecule has 1 aromatic carbocycles. The van der Waals surface area contributed by atoms with E-state index >= 15 is 0 Å². The molecular weight excluding hydrogens is 290 g/mol. The van der Waals surface area contributed by atoms with E-state index in [0.29, 0.717) is 21.9 Å². The number of pyridine rings is 2. The van der Waals surface area contributed by atoms with Crippen molar-refractivity contribution in [1.29, 1.82) is 0 Å². The first-order valence-corrected chi connectivity index (χ1v) is 6.52. The molecule has 3 rings (SSSR count). The molecule has 21 heavy (non-hydrogen) atoms. The summed E-state index contributed by atoms with van der Waals surface area (Å²) in [6.45, 7) is 0. The summed E-state index contributed by atoms with van der Waals surface area (Å²) in [5.41, 5.74) is 1.89. The Labute approximate surface area is 125 Å². The Kier molecular flexibility index (Phi) is 3.41. The van der Waals surface area contributed by atoms with Crippen molar-refractivity contribution in [2.24, 2.45) is 0 Å². The third-order valence-electron chi connectivity index (χ3n) is 3.04. The Bertz CT molecular complexity index is 836. The van der Waals surface area contributed by atoms with Crippen LogP contribution in [-0.2, 0) is 0 Å². The summed E-state index contributed by atoms with van der Waals surface area (Å²) in [4.78, 5) is 19.5. The first-order valence-electron chi connectivity index (χ1n) is 6.14. The van der Waals surface area contributed by atoms with Crippen molar-refractivity contribution in [3.05, 3.63) is 59.5 Å². The lowest BCUT2D eigenvalue weighted by Crippen LogP contribution is -2.03. The molecule has 0 aliphatic heterocycles. The average Bonchev–Trinajstić information content (AvgIpc) is 2.51. The normalized spacial score (nSPS) is 10.5. The molecule has 0 aliphatic rings. The van der Waals surface area contributed by atoms with E-state index < -0.39 is 5.97 Å². The second-order valence-electron chi connectivity index (χ2n) is 4.35. The molecule has 0 bridgehead atoms. The topological polar surface area (TPSA) is 75.1 Å². The van der Waals surface area contributed by atoms with Crippen LogP contribution in [0.25, 0.3) is 10.9 Å². The van der Waals surface area contributed by atoms with E-state index in [0.717, 1.165) is 5.39 Å². The Hall–Kier alpha value is -2.66. The summed E-state index contributed by atoms with van der Waals surface area (Å²) in [5, 5.41) is 13.6. The number of aromatic carboxylic acids is 1. The number of aromatic nitrogens is 2. The van der Waals surface area contributed by atoms with Gasteiger partial charge in [0.05, 0.1) is 33.7 Å². The minimum absolute atomic E-state index is 0.143. The summed E-state index contributed by atoms with van der Waals surface area (Å²) in [6, 6.07) is 8.60. The lowest BCUT2D eigenvalue weighted by Gasteiger charge is -2.11. The van der Waals surface area contributed by atoms with Crippen LogP contribution in [0.4, 0.5) is 11.4 Å². The lowest BCUT2D eigenvalue weighted by atomic mass is 10.1. The molecule has 2 heterocycles. The van der Waals surface area contributed by atoms with E-state index in [1.165, 1.54) is 18.5 Å². The van der Waals surface area contributed by atoms with Crippen molar-refractivity contribution >= 4 is 39.8 Å². The van der Waals surface area contributed by atoms with Gasteiger partial charge in [-0.15, -0.1) is 0 Å². The van der Waals surface area contributed by atoms with Gasteiger partial charge in [0.2, 0.25) is 0 Å². The van der Waals surface area contributed by atoms with E-state index in [1.807, 2.05) is 6.07 Å². The van der Waals surface area contributed by atoms with Crippen LogP contribution in [0, 0.1) is 0 Å².